The van der Waals surface area contributed by atoms with Gasteiger partial charge in [0.1, 0.15) is 0 Å². The summed E-state index contributed by atoms with van der Waals surface area (Å²) < 4.78 is 0. The van der Waals surface area contributed by atoms with Crippen molar-refractivity contribution in [3.05, 3.63) is 24.6 Å². The van der Waals surface area contributed by atoms with Crippen molar-refractivity contribution in [3.8, 4) is 0 Å². The molecule has 0 atom stereocenters. The summed E-state index contributed by atoms with van der Waals surface area (Å²) in [7, 11) is 0. The summed E-state index contributed by atoms with van der Waals surface area (Å²) in [6.45, 7) is 11.0. The maximum Gasteiger partial charge on any atom is 0.00441 e. The first kappa shape index (κ1) is 6.28. The monoisotopic (exact) mass is 97.1 g/mol. The average Bonchev–Trinajstić information content (AvgIpc) is 1.27. The van der Waals surface area contributed by atoms with E-state index in [1.54, 1.807) is 0 Å². The van der Waals surface area contributed by atoms with Gasteiger partial charge in [-0.25, -0.2) is 0 Å². The Labute approximate surface area is 44.7 Å². The van der Waals surface area contributed by atoms with E-state index in [4.69, 9.17) is 0 Å². The van der Waals surface area contributed by atoms with Crippen LogP contribution >= 0.6 is 0 Å². The fraction of sp³-hybridized carbons (Fsp3) is 0.333. The van der Waals surface area contributed by atoms with Gasteiger partial charge in [0.15, 0.2) is 0 Å². The van der Waals surface area contributed by atoms with Crippen molar-refractivity contribution in [2.24, 2.45) is 0 Å². The summed E-state index contributed by atoms with van der Waals surface area (Å²) in [4.78, 5) is 0. The molecule has 0 unspecified atom stereocenters. The Hall–Kier alpha value is -0.720. The number of rotatable bonds is 2. The van der Waals surface area contributed by atoms with E-state index in [-0.39, 0.29) is 0 Å². The van der Waals surface area contributed by atoms with Crippen molar-refractivity contribution in [2.45, 2.75) is 13.8 Å². The van der Waals surface area contributed by atoms with E-state index in [0.29, 0.717) is 0 Å². The van der Waals surface area contributed by atoms with Crippen LogP contribution in [0.3, 0.4) is 0 Å². The smallest absolute Gasteiger partial charge is 0.00441 e. The van der Waals surface area contributed by atoms with Gasteiger partial charge >= 0.3 is 0 Å². The summed E-state index contributed by atoms with van der Waals surface area (Å²) in [5.74, 6) is 0. The summed E-state index contributed by atoms with van der Waals surface area (Å²) in [5.41, 5.74) is 1.88. The zero-order valence-corrected chi connectivity index (χ0v) is 4.91. The van der Waals surface area contributed by atoms with Crippen LogP contribution in [0.25, 0.3) is 0 Å². The summed E-state index contributed by atoms with van der Waals surface area (Å²) in [6, 6.07) is 0. The summed E-state index contributed by atoms with van der Waals surface area (Å²) in [6.07, 6.45) is 0. The van der Waals surface area contributed by atoms with Gasteiger partial charge in [-0.2, -0.15) is 0 Å². The van der Waals surface area contributed by atoms with E-state index >= 15 is 0 Å². The third-order valence-corrected chi connectivity index (χ3v) is 0.427. The summed E-state index contributed by atoms with van der Waals surface area (Å²) in [5, 5.41) is 2.92. The molecule has 0 spiro atoms. The minimum atomic E-state index is 0.938. The minimum absolute atomic E-state index is 0.938. The first-order valence-electron chi connectivity index (χ1n) is 2.21. The zero-order chi connectivity index (χ0) is 5.86. The molecular formula is C6H11N. The SMILES string of the molecule is C=C(C)NC(=C)C. The van der Waals surface area contributed by atoms with Gasteiger partial charge in [0.25, 0.3) is 0 Å². The second-order valence-electron chi connectivity index (χ2n) is 1.69. The van der Waals surface area contributed by atoms with Crippen molar-refractivity contribution in [1.29, 1.82) is 0 Å². The Bertz CT molecular complexity index is 80.4. The van der Waals surface area contributed by atoms with Gasteiger partial charge in [0.05, 0.1) is 0 Å². The molecule has 7 heavy (non-hydrogen) atoms. The van der Waals surface area contributed by atoms with Gasteiger partial charge in [-0.15, -0.1) is 0 Å². The molecule has 40 valence electrons. The average molecular weight is 97.2 g/mol. The lowest BCUT2D eigenvalue weighted by Crippen LogP contribution is -2.04. The van der Waals surface area contributed by atoms with Crippen LogP contribution in [0.15, 0.2) is 24.6 Å². The van der Waals surface area contributed by atoms with Crippen LogP contribution in [-0.2, 0) is 0 Å². The number of hydrogen-bond donors (Lipinski definition) is 1. The first-order valence-corrected chi connectivity index (χ1v) is 2.21. The van der Waals surface area contributed by atoms with Crippen LogP contribution in [0.4, 0.5) is 0 Å². The Balaban J connectivity index is 3.32. The van der Waals surface area contributed by atoms with Crippen molar-refractivity contribution < 1.29 is 0 Å². The highest BCUT2D eigenvalue weighted by molar-refractivity contribution is 4.98. The fourth-order valence-electron chi connectivity index (χ4n) is 0.364. The highest BCUT2D eigenvalue weighted by Crippen LogP contribution is 1.84. The van der Waals surface area contributed by atoms with Gasteiger partial charge in [-0.05, 0) is 13.8 Å². The Morgan fingerprint density at radius 1 is 1.14 bits per heavy atom. The molecule has 0 fully saturated rings. The van der Waals surface area contributed by atoms with E-state index in [1.165, 1.54) is 0 Å². The molecule has 0 amide bonds. The van der Waals surface area contributed by atoms with Gasteiger partial charge in [-0.1, -0.05) is 13.2 Å². The molecule has 0 aromatic heterocycles. The molecule has 0 rings (SSSR count). The predicted molar refractivity (Wildman–Crippen MR) is 32.8 cm³/mol. The van der Waals surface area contributed by atoms with Crippen molar-refractivity contribution in [1.82, 2.24) is 5.32 Å². The second-order valence-corrected chi connectivity index (χ2v) is 1.69. The van der Waals surface area contributed by atoms with Crippen molar-refractivity contribution in [2.75, 3.05) is 0 Å². The molecular weight excluding hydrogens is 86.1 g/mol. The van der Waals surface area contributed by atoms with E-state index in [9.17, 15) is 0 Å². The van der Waals surface area contributed by atoms with E-state index in [2.05, 4.69) is 18.5 Å². The van der Waals surface area contributed by atoms with Crippen LogP contribution in [-0.4, -0.2) is 0 Å². The zero-order valence-electron chi connectivity index (χ0n) is 4.91. The molecule has 0 aromatic rings. The molecule has 1 heteroatoms. The van der Waals surface area contributed by atoms with Crippen LogP contribution in [0.1, 0.15) is 13.8 Å². The van der Waals surface area contributed by atoms with E-state index in [1.807, 2.05) is 13.8 Å². The molecule has 0 aliphatic rings. The Morgan fingerprint density at radius 3 is 1.43 bits per heavy atom. The van der Waals surface area contributed by atoms with Crippen LogP contribution in [0.5, 0.6) is 0 Å². The fourth-order valence-corrected chi connectivity index (χ4v) is 0.364. The molecule has 0 saturated heterocycles. The molecule has 1 N–H and O–H groups in total. The topological polar surface area (TPSA) is 12.0 Å². The second kappa shape index (κ2) is 2.45. The van der Waals surface area contributed by atoms with Crippen molar-refractivity contribution in [3.63, 3.8) is 0 Å². The van der Waals surface area contributed by atoms with Gasteiger partial charge < -0.3 is 5.32 Å². The molecule has 0 aromatic carbocycles. The molecule has 0 aliphatic carbocycles. The maximum atomic E-state index is 3.62. The Morgan fingerprint density at radius 2 is 1.43 bits per heavy atom. The third kappa shape index (κ3) is 5.28. The minimum Gasteiger partial charge on any atom is -0.364 e. The van der Waals surface area contributed by atoms with Gasteiger partial charge in [0, 0.05) is 11.4 Å². The van der Waals surface area contributed by atoms with Gasteiger partial charge in [0.2, 0.25) is 0 Å². The maximum absolute atomic E-state index is 3.62. The predicted octanol–water partition coefficient (Wildman–Crippen LogP) is 1.64. The van der Waals surface area contributed by atoms with E-state index in [0.717, 1.165) is 11.4 Å². The normalized spacial score (nSPS) is 7.71. The molecule has 0 radical (unpaired) electrons. The third-order valence-electron chi connectivity index (χ3n) is 0.427. The Kier molecular flexibility index (Phi) is 2.20. The molecule has 1 nitrogen and oxygen atoms in total. The van der Waals surface area contributed by atoms with Crippen LogP contribution in [0, 0.1) is 0 Å². The molecule has 0 bridgehead atoms. The lowest BCUT2D eigenvalue weighted by atomic mass is 10.5. The highest BCUT2D eigenvalue weighted by Gasteiger charge is 1.77. The van der Waals surface area contributed by atoms with Gasteiger partial charge in [-0.3, -0.25) is 0 Å². The largest absolute Gasteiger partial charge is 0.364 e. The first-order chi connectivity index (χ1) is 3.13. The number of hydrogen-bond acceptors (Lipinski definition) is 1. The van der Waals surface area contributed by atoms with E-state index < -0.39 is 0 Å². The highest BCUT2D eigenvalue weighted by atomic mass is 14.9. The molecule has 0 saturated carbocycles. The van der Waals surface area contributed by atoms with Crippen molar-refractivity contribution >= 4 is 0 Å². The lowest BCUT2D eigenvalue weighted by molar-refractivity contribution is 0.982. The molecule has 0 heterocycles. The molecule has 0 aliphatic heterocycles. The number of nitrogens with one attached hydrogen (secondary N) is 1. The number of allylic oxidation sites excluding steroid dienone is 2. The quantitative estimate of drug-likeness (QED) is 0.552. The lowest BCUT2D eigenvalue weighted by Gasteiger charge is -1.99. The standard InChI is InChI=1S/C6H11N/c1-5(2)7-6(3)4/h7H,1,3H2,2,4H3. The van der Waals surface area contributed by atoms with Crippen LogP contribution in [0.2, 0.25) is 0 Å². The summed E-state index contributed by atoms with van der Waals surface area (Å²) >= 11 is 0. The van der Waals surface area contributed by atoms with Crippen LogP contribution < -0.4 is 5.32 Å².